The molecule has 0 aliphatic heterocycles. The van der Waals surface area contributed by atoms with Gasteiger partial charge >= 0.3 is 0 Å². The molecule has 0 radical (unpaired) electrons. The van der Waals surface area contributed by atoms with Gasteiger partial charge in [-0.15, -0.1) is 0 Å². The fourth-order valence-electron chi connectivity index (χ4n) is 0.680. The van der Waals surface area contributed by atoms with E-state index in [9.17, 15) is 0 Å². The third-order valence-electron chi connectivity index (χ3n) is 1.21. The van der Waals surface area contributed by atoms with Gasteiger partial charge in [-0.1, -0.05) is 6.58 Å². The van der Waals surface area contributed by atoms with Crippen LogP contribution < -0.4 is 5.73 Å². The molecule has 0 aliphatic rings. The lowest BCUT2D eigenvalue weighted by atomic mass is 10.6. The number of allylic oxidation sites excluding steroid dienone is 1. The standard InChI is InChI=1S/C9H19NO3/c1-9(2)13-8-7-12-6-5-11-4-3-10/h1,3-8,10H2,2H3. The molecule has 0 spiro atoms. The van der Waals surface area contributed by atoms with Crippen molar-refractivity contribution >= 4 is 0 Å². The van der Waals surface area contributed by atoms with E-state index in [2.05, 4.69) is 6.58 Å². The Kier molecular flexibility index (Phi) is 9.08. The second kappa shape index (κ2) is 9.51. The fourth-order valence-corrected chi connectivity index (χ4v) is 0.680. The van der Waals surface area contributed by atoms with Gasteiger partial charge in [0.2, 0.25) is 0 Å². The van der Waals surface area contributed by atoms with Crippen molar-refractivity contribution in [3.63, 3.8) is 0 Å². The van der Waals surface area contributed by atoms with Gasteiger partial charge < -0.3 is 19.9 Å². The summed E-state index contributed by atoms with van der Waals surface area (Å²) in [6, 6.07) is 0. The molecule has 78 valence electrons. The lowest BCUT2D eigenvalue weighted by Crippen LogP contribution is -2.13. The third kappa shape index (κ3) is 11.4. The summed E-state index contributed by atoms with van der Waals surface area (Å²) in [6.45, 7) is 8.84. The van der Waals surface area contributed by atoms with Crippen LogP contribution >= 0.6 is 0 Å². The van der Waals surface area contributed by atoms with E-state index in [0.717, 1.165) is 0 Å². The average molecular weight is 189 g/mol. The van der Waals surface area contributed by atoms with Crippen LogP contribution in [-0.4, -0.2) is 39.6 Å². The second-order valence-electron chi connectivity index (χ2n) is 2.56. The maximum Gasteiger partial charge on any atom is 0.111 e. The fraction of sp³-hybridized carbons (Fsp3) is 0.778. The highest BCUT2D eigenvalue weighted by Gasteiger charge is 1.90. The Morgan fingerprint density at radius 2 is 1.62 bits per heavy atom. The van der Waals surface area contributed by atoms with E-state index in [-0.39, 0.29) is 0 Å². The molecule has 0 aromatic carbocycles. The van der Waals surface area contributed by atoms with Crippen molar-refractivity contribution < 1.29 is 14.2 Å². The number of nitrogens with two attached hydrogens (primary N) is 1. The summed E-state index contributed by atoms with van der Waals surface area (Å²) in [5.41, 5.74) is 5.23. The average Bonchev–Trinajstić information content (AvgIpc) is 2.09. The number of hydrogen-bond donors (Lipinski definition) is 1. The molecule has 0 atom stereocenters. The summed E-state index contributed by atoms with van der Waals surface area (Å²) in [6.07, 6.45) is 0. The molecule has 0 unspecified atom stereocenters. The van der Waals surface area contributed by atoms with Gasteiger partial charge in [-0.25, -0.2) is 0 Å². The summed E-state index contributed by atoms with van der Waals surface area (Å²) in [5, 5.41) is 0. The zero-order chi connectivity index (χ0) is 9.94. The minimum absolute atomic E-state index is 0.548. The van der Waals surface area contributed by atoms with Gasteiger partial charge in [0, 0.05) is 6.54 Å². The molecule has 0 aromatic heterocycles. The first-order chi connectivity index (χ1) is 6.27. The first-order valence-electron chi connectivity index (χ1n) is 4.41. The number of ether oxygens (including phenoxy) is 3. The van der Waals surface area contributed by atoms with Crippen LogP contribution in [0.15, 0.2) is 12.3 Å². The SMILES string of the molecule is C=C(C)OCCOCCOCCN. The monoisotopic (exact) mass is 189 g/mol. The predicted octanol–water partition coefficient (Wildman–Crippen LogP) is 0.529. The molecule has 13 heavy (non-hydrogen) atoms. The van der Waals surface area contributed by atoms with Crippen molar-refractivity contribution in [2.45, 2.75) is 6.92 Å². The van der Waals surface area contributed by atoms with E-state index in [1.54, 1.807) is 0 Å². The number of rotatable bonds is 9. The Morgan fingerprint density at radius 3 is 2.15 bits per heavy atom. The van der Waals surface area contributed by atoms with Gasteiger partial charge in [0.05, 0.1) is 32.2 Å². The Labute approximate surface area is 79.6 Å². The molecule has 0 bridgehead atoms. The topological polar surface area (TPSA) is 53.7 Å². The molecule has 0 saturated heterocycles. The molecule has 0 rings (SSSR count). The van der Waals surface area contributed by atoms with Gasteiger partial charge in [-0.2, -0.15) is 0 Å². The highest BCUT2D eigenvalue weighted by Crippen LogP contribution is 1.89. The van der Waals surface area contributed by atoms with E-state index in [1.807, 2.05) is 6.92 Å². The molecule has 4 nitrogen and oxygen atoms in total. The van der Waals surface area contributed by atoms with Crippen molar-refractivity contribution in [1.82, 2.24) is 0 Å². The summed E-state index contributed by atoms with van der Waals surface area (Å²) in [5.74, 6) is 0.711. The Balaban J connectivity index is 2.87. The lowest BCUT2D eigenvalue weighted by Gasteiger charge is -2.06. The van der Waals surface area contributed by atoms with E-state index < -0.39 is 0 Å². The van der Waals surface area contributed by atoms with Crippen molar-refractivity contribution in [3.8, 4) is 0 Å². The van der Waals surface area contributed by atoms with Gasteiger partial charge in [0.15, 0.2) is 0 Å². The molecule has 0 saturated carbocycles. The van der Waals surface area contributed by atoms with Crippen molar-refractivity contribution in [1.29, 1.82) is 0 Å². The van der Waals surface area contributed by atoms with Crippen molar-refractivity contribution in [3.05, 3.63) is 12.3 Å². The highest BCUT2D eigenvalue weighted by molar-refractivity contribution is 4.72. The predicted molar refractivity (Wildman–Crippen MR) is 51.5 cm³/mol. The molecule has 0 fully saturated rings. The molecule has 0 amide bonds. The normalized spacial score (nSPS) is 10.0. The van der Waals surface area contributed by atoms with Crippen LogP contribution in [0.3, 0.4) is 0 Å². The van der Waals surface area contributed by atoms with Crippen molar-refractivity contribution in [2.75, 3.05) is 39.6 Å². The largest absolute Gasteiger partial charge is 0.496 e. The summed E-state index contributed by atoms with van der Waals surface area (Å²) < 4.78 is 15.4. The van der Waals surface area contributed by atoms with E-state index in [4.69, 9.17) is 19.9 Å². The third-order valence-corrected chi connectivity index (χ3v) is 1.21. The molecular formula is C9H19NO3. The van der Waals surface area contributed by atoms with E-state index >= 15 is 0 Å². The smallest absolute Gasteiger partial charge is 0.111 e. The molecule has 2 N–H and O–H groups in total. The zero-order valence-corrected chi connectivity index (χ0v) is 8.25. The summed E-state index contributed by atoms with van der Waals surface area (Å²) in [7, 11) is 0. The van der Waals surface area contributed by atoms with Gasteiger partial charge in [-0.3, -0.25) is 0 Å². The molecular weight excluding hydrogens is 170 g/mol. The van der Waals surface area contributed by atoms with Gasteiger partial charge in [0.1, 0.15) is 6.61 Å². The minimum Gasteiger partial charge on any atom is -0.496 e. The number of hydrogen-bond acceptors (Lipinski definition) is 4. The Bertz CT molecular complexity index is 128. The molecule has 4 heteroatoms. The first-order valence-corrected chi connectivity index (χ1v) is 4.41. The van der Waals surface area contributed by atoms with E-state index in [1.165, 1.54) is 0 Å². The Morgan fingerprint density at radius 1 is 1.08 bits per heavy atom. The first kappa shape index (κ1) is 12.4. The van der Waals surface area contributed by atoms with Crippen LogP contribution in [0.2, 0.25) is 0 Å². The quantitative estimate of drug-likeness (QED) is 0.424. The van der Waals surface area contributed by atoms with E-state index in [0.29, 0.717) is 45.3 Å². The summed E-state index contributed by atoms with van der Waals surface area (Å²) in [4.78, 5) is 0. The van der Waals surface area contributed by atoms with Crippen LogP contribution in [-0.2, 0) is 14.2 Å². The highest BCUT2D eigenvalue weighted by atomic mass is 16.5. The molecule has 0 heterocycles. The molecule has 0 aliphatic carbocycles. The summed E-state index contributed by atoms with van der Waals surface area (Å²) >= 11 is 0. The maximum absolute atomic E-state index is 5.23. The van der Waals surface area contributed by atoms with Crippen LogP contribution in [0.1, 0.15) is 6.92 Å². The van der Waals surface area contributed by atoms with Crippen LogP contribution in [0.4, 0.5) is 0 Å². The minimum atomic E-state index is 0.548. The van der Waals surface area contributed by atoms with Crippen LogP contribution in [0.5, 0.6) is 0 Å². The molecule has 0 aromatic rings. The van der Waals surface area contributed by atoms with Crippen LogP contribution in [0.25, 0.3) is 0 Å². The van der Waals surface area contributed by atoms with Crippen molar-refractivity contribution in [2.24, 2.45) is 5.73 Å². The van der Waals surface area contributed by atoms with Gasteiger partial charge in [-0.05, 0) is 6.92 Å². The maximum atomic E-state index is 5.23. The van der Waals surface area contributed by atoms with Gasteiger partial charge in [0.25, 0.3) is 0 Å². The Hall–Kier alpha value is -0.580. The lowest BCUT2D eigenvalue weighted by molar-refractivity contribution is 0.0294. The zero-order valence-electron chi connectivity index (χ0n) is 8.25. The second-order valence-corrected chi connectivity index (χ2v) is 2.56. The van der Waals surface area contributed by atoms with Crippen LogP contribution in [0, 0.1) is 0 Å².